The normalized spacial score (nSPS) is 9.09. The fourth-order valence-corrected chi connectivity index (χ4v) is 1.39. The van der Waals surface area contributed by atoms with E-state index in [0.717, 1.165) is 7.05 Å². The number of hydrazine groups is 1. The van der Waals surface area contributed by atoms with Gasteiger partial charge in [-0.1, -0.05) is 5.01 Å². The highest BCUT2D eigenvalue weighted by atomic mass is 16.7. The van der Waals surface area contributed by atoms with Gasteiger partial charge in [-0.2, -0.15) is 0 Å². The molecule has 0 saturated carbocycles. The first-order valence-corrected chi connectivity index (χ1v) is 5.04. The summed E-state index contributed by atoms with van der Waals surface area (Å²) in [6, 6.07) is 0.838. The fourth-order valence-electron chi connectivity index (χ4n) is 1.39. The smallest absolute Gasteiger partial charge is 0.312 e. The van der Waals surface area contributed by atoms with E-state index in [4.69, 9.17) is 10.1 Å². The molecule has 1 aromatic rings. The predicted octanol–water partition coefficient (Wildman–Crippen LogP) is 1.18. The maximum absolute atomic E-state index is 10.8. The van der Waals surface area contributed by atoms with Crippen molar-refractivity contribution in [2.24, 2.45) is 5.34 Å². The summed E-state index contributed by atoms with van der Waals surface area (Å²) in [6.45, 7) is 0. The number of hydrogen-bond acceptors (Lipinski definition) is 10. The molecular weight excluding hydrogens is 328 g/mol. The summed E-state index contributed by atoms with van der Waals surface area (Å²) >= 11 is 0. The molecule has 0 unspecified atom stereocenters. The molecule has 0 fully saturated rings. The molecule has 0 bridgehead atoms. The van der Waals surface area contributed by atoms with Gasteiger partial charge in [-0.05, 0) is 0 Å². The second-order valence-electron chi connectivity index (χ2n) is 3.45. The van der Waals surface area contributed by atoms with Gasteiger partial charge in [-0.15, -0.1) is 4.91 Å². The average molecular weight is 334 g/mol. The highest BCUT2D eigenvalue weighted by molar-refractivity contribution is 5.76. The lowest BCUT2D eigenvalue weighted by Gasteiger charge is -2.08. The van der Waals surface area contributed by atoms with Crippen LogP contribution in [0.4, 0.5) is 22.7 Å². The van der Waals surface area contributed by atoms with E-state index in [1.807, 2.05) is 0 Å². The summed E-state index contributed by atoms with van der Waals surface area (Å²) in [5.74, 6) is 0. The van der Waals surface area contributed by atoms with E-state index in [2.05, 4.69) is 0 Å². The summed E-state index contributed by atoms with van der Waals surface area (Å²) < 4.78 is 0. The third-order valence-electron chi connectivity index (χ3n) is 2.23. The number of nitrogens with zero attached hydrogens (tertiary/aromatic N) is 6. The SMILES string of the molecule is CN(c1c([N+](=O)[O-])cc([N+](=O)[O-])cc1[N+](=O)[O-])[N+](=O)[O-].O=NO. The van der Waals surface area contributed by atoms with Crippen molar-refractivity contribution in [1.82, 2.24) is 0 Å². The van der Waals surface area contributed by atoms with Crippen molar-refractivity contribution in [2.45, 2.75) is 0 Å². The Balaban J connectivity index is 0.00000149. The van der Waals surface area contributed by atoms with Crippen LogP contribution >= 0.6 is 0 Å². The van der Waals surface area contributed by atoms with E-state index in [1.165, 1.54) is 5.34 Å². The van der Waals surface area contributed by atoms with Crippen LogP contribution in [0.5, 0.6) is 0 Å². The number of nitro benzene ring substituents is 3. The average Bonchev–Trinajstić information content (AvgIpc) is 2.45. The van der Waals surface area contributed by atoms with E-state index < -0.39 is 42.6 Å². The van der Waals surface area contributed by atoms with Crippen molar-refractivity contribution in [1.29, 1.82) is 0 Å². The molecule has 0 amide bonds. The molecule has 0 radical (unpaired) electrons. The summed E-state index contributed by atoms with van der Waals surface area (Å²) in [7, 11) is 0.751. The van der Waals surface area contributed by atoms with Gasteiger partial charge in [0.05, 0.1) is 34.0 Å². The van der Waals surface area contributed by atoms with Gasteiger partial charge >= 0.3 is 11.4 Å². The van der Waals surface area contributed by atoms with Gasteiger partial charge in [-0.25, -0.2) is 10.1 Å². The Morgan fingerprint density at radius 3 is 1.52 bits per heavy atom. The van der Waals surface area contributed by atoms with E-state index in [9.17, 15) is 40.5 Å². The number of rotatable bonds is 5. The predicted molar refractivity (Wildman–Crippen MR) is 69.4 cm³/mol. The number of anilines is 1. The molecule has 1 aromatic carbocycles. The monoisotopic (exact) mass is 334 g/mol. The maximum atomic E-state index is 10.8. The highest BCUT2D eigenvalue weighted by Crippen LogP contribution is 2.40. The van der Waals surface area contributed by atoms with E-state index in [1.54, 1.807) is 0 Å². The molecule has 0 spiro atoms. The topological polar surface area (TPSA) is 225 Å². The summed E-state index contributed by atoms with van der Waals surface area (Å²) in [4.78, 5) is 47.5. The molecule has 16 nitrogen and oxygen atoms in total. The van der Waals surface area contributed by atoms with Gasteiger partial charge in [-0.3, -0.25) is 30.3 Å². The van der Waals surface area contributed by atoms with Gasteiger partial charge in [0.1, 0.15) is 0 Å². The molecule has 1 rings (SSSR count). The first kappa shape index (κ1) is 19.0. The quantitative estimate of drug-likeness (QED) is 0.456. The second-order valence-corrected chi connectivity index (χ2v) is 3.45. The second kappa shape index (κ2) is 7.71. The molecular formula is C7H6N6O10. The third kappa shape index (κ3) is 4.51. The molecule has 0 aliphatic heterocycles. The number of non-ortho nitro benzene ring substituents is 1. The number of hydrogen-bond donors (Lipinski definition) is 1. The summed E-state index contributed by atoms with van der Waals surface area (Å²) in [6.07, 6.45) is 0. The van der Waals surface area contributed by atoms with E-state index in [-0.39, 0.29) is 5.01 Å². The molecule has 0 aromatic heterocycles. The van der Waals surface area contributed by atoms with Crippen LogP contribution in [0.25, 0.3) is 0 Å². The Morgan fingerprint density at radius 2 is 1.30 bits per heavy atom. The van der Waals surface area contributed by atoms with Crippen molar-refractivity contribution in [3.63, 3.8) is 0 Å². The number of nitro groups is 4. The van der Waals surface area contributed by atoms with Crippen molar-refractivity contribution < 1.29 is 25.0 Å². The Kier molecular flexibility index (Phi) is 6.38. The zero-order valence-electron chi connectivity index (χ0n) is 11.0. The molecule has 0 saturated heterocycles. The van der Waals surface area contributed by atoms with Crippen molar-refractivity contribution in [2.75, 3.05) is 12.1 Å². The van der Waals surface area contributed by atoms with Crippen LogP contribution in [0.2, 0.25) is 0 Å². The minimum Gasteiger partial charge on any atom is -0.379 e. The Labute approximate surface area is 124 Å². The molecule has 0 aliphatic carbocycles. The minimum atomic E-state index is -1.17. The van der Waals surface area contributed by atoms with Gasteiger partial charge in [0.2, 0.25) is 0 Å². The molecule has 0 aliphatic rings. The van der Waals surface area contributed by atoms with Crippen LogP contribution in [0.3, 0.4) is 0 Å². The van der Waals surface area contributed by atoms with Crippen molar-refractivity contribution >= 4 is 22.7 Å². The van der Waals surface area contributed by atoms with E-state index >= 15 is 0 Å². The lowest BCUT2D eigenvalue weighted by Crippen LogP contribution is -2.26. The molecule has 1 N–H and O–H groups in total. The molecule has 124 valence electrons. The van der Waals surface area contributed by atoms with E-state index in [0.29, 0.717) is 12.1 Å². The van der Waals surface area contributed by atoms with Gasteiger partial charge in [0, 0.05) is 0 Å². The molecule has 16 heteroatoms. The Bertz CT molecular complexity index is 639. The molecule has 23 heavy (non-hydrogen) atoms. The molecule has 0 atom stereocenters. The van der Waals surface area contributed by atoms with Gasteiger partial charge in [0.15, 0.2) is 10.4 Å². The molecule has 0 heterocycles. The zero-order chi connectivity index (χ0) is 18.3. The Hall–Kier alpha value is -3.98. The fraction of sp³-hybridized carbons (Fsp3) is 0.143. The first-order valence-electron chi connectivity index (χ1n) is 5.04. The van der Waals surface area contributed by atoms with Gasteiger partial charge < -0.3 is 5.21 Å². The van der Waals surface area contributed by atoms with Crippen molar-refractivity contribution in [3.05, 3.63) is 57.5 Å². The van der Waals surface area contributed by atoms with Crippen LogP contribution in [-0.2, 0) is 0 Å². The van der Waals surface area contributed by atoms with Crippen LogP contribution in [0.1, 0.15) is 0 Å². The van der Waals surface area contributed by atoms with Crippen LogP contribution in [-0.4, -0.2) is 32.1 Å². The lowest BCUT2D eigenvalue weighted by molar-refractivity contribution is -0.493. The maximum Gasteiger partial charge on any atom is 0.312 e. The van der Waals surface area contributed by atoms with Gasteiger partial charge in [0.25, 0.3) is 11.4 Å². The largest absolute Gasteiger partial charge is 0.379 e. The summed E-state index contributed by atoms with van der Waals surface area (Å²) in [5.41, 5.74) is -4.07. The van der Waals surface area contributed by atoms with Crippen LogP contribution < -0.4 is 5.01 Å². The summed E-state index contributed by atoms with van der Waals surface area (Å²) in [5, 5.41) is 49.6. The van der Waals surface area contributed by atoms with Crippen LogP contribution in [0, 0.1) is 45.4 Å². The minimum absolute atomic E-state index is 0.0555. The lowest BCUT2D eigenvalue weighted by atomic mass is 10.2. The Morgan fingerprint density at radius 1 is 0.957 bits per heavy atom. The third-order valence-corrected chi connectivity index (χ3v) is 2.23. The first-order chi connectivity index (χ1) is 10.6. The van der Waals surface area contributed by atoms with Crippen LogP contribution in [0.15, 0.2) is 17.5 Å². The highest BCUT2D eigenvalue weighted by Gasteiger charge is 2.37. The number of benzene rings is 1. The standard InChI is InChI=1S/C7H5N5O8.HNO2/c1-8(12(19)20)7-5(10(15)16)2-4(9(13)14)3-6(7)11(17)18;2-1-3/h2-3H,1H3;(H,2,3). The van der Waals surface area contributed by atoms with Crippen molar-refractivity contribution in [3.8, 4) is 0 Å². The zero-order valence-corrected chi connectivity index (χ0v) is 11.0.